The second kappa shape index (κ2) is 8.85. The molecular formula is C9H17ClO2. The third-order valence-corrected chi connectivity index (χ3v) is 1.85. The molecule has 0 atom stereocenters. The fourth-order valence-electron chi connectivity index (χ4n) is 0.943. The van der Waals surface area contributed by atoms with Crippen molar-refractivity contribution >= 4 is 17.6 Å². The van der Waals surface area contributed by atoms with Gasteiger partial charge >= 0.3 is 5.97 Å². The molecule has 0 heterocycles. The van der Waals surface area contributed by atoms with Crippen LogP contribution in [0.2, 0.25) is 0 Å². The van der Waals surface area contributed by atoms with Crippen LogP contribution in [-0.4, -0.2) is 18.5 Å². The zero-order chi connectivity index (χ0) is 9.23. The van der Waals surface area contributed by atoms with Crippen LogP contribution in [0.4, 0.5) is 0 Å². The average molecular weight is 193 g/mol. The normalized spacial score (nSPS) is 9.83. The van der Waals surface area contributed by atoms with Crippen molar-refractivity contribution in [2.45, 2.75) is 39.0 Å². The van der Waals surface area contributed by atoms with Crippen molar-refractivity contribution in [3.8, 4) is 0 Å². The smallest absolute Gasteiger partial charge is 0.302 e. The van der Waals surface area contributed by atoms with Crippen molar-refractivity contribution in [2.75, 3.05) is 12.5 Å². The summed E-state index contributed by atoms with van der Waals surface area (Å²) < 4.78 is 4.78. The number of ether oxygens (including phenoxy) is 1. The number of alkyl halides is 1. The number of hydrogen-bond donors (Lipinski definition) is 0. The lowest BCUT2D eigenvalue weighted by Crippen LogP contribution is -2.00. The Labute approximate surface area is 79.2 Å². The lowest BCUT2D eigenvalue weighted by atomic mass is 10.2. The van der Waals surface area contributed by atoms with Gasteiger partial charge in [-0.2, -0.15) is 0 Å². The van der Waals surface area contributed by atoms with Crippen LogP contribution in [0, 0.1) is 0 Å². The van der Waals surface area contributed by atoms with Crippen molar-refractivity contribution in [1.82, 2.24) is 0 Å². The Balaban J connectivity index is 2.86. The molecular weight excluding hydrogens is 176 g/mol. The quantitative estimate of drug-likeness (QED) is 0.352. The highest BCUT2D eigenvalue weighted by Crippen LogP contribution is 2.03. The van der Waals surface area contributed by atoms with Crippen molar-refractivity contribution in [2.24, 2.45) is 0 Å². The molecule has 0 unspecified atom stereocenters. The van der Waals surface area contributed by atoms with Crippen LogP contribution in [0.3, 0.4) is 0 Å². The van der Waals surface area contributed by atoms with E-state index in [-0.39, 0.29) is 5.97 Å². The Morgan fingerprint density at radius 2 is 1.75 bits per heavy atom. The Kier molecular flexibility index (Phi) is 8.68. The second-order valence-electron chi connectivity index (χ2n) is 2.80. The van der Waals surface area contributed by atoms with Crippen LogP contribution in [0.25, 0.3) is 0 Å². The van der Waals surface area contributed by atoms with Gasteiger partial charge in [0.25, 0.3) is 0 Å². The SMILES string of the molecule is CC(=O)OCCCCCCCCl. The third-order valence-electron chi connectivity index (χ3n) is 1.58. The summed E-state index contributed by atoms with van der Waals surface area (Å²) in [7, 11) is 0. The molecule has 0 amide bonds. The first-order valence-electron chi connectivity index (χ1n) is 4.46. The van der Waals surface area contributed by atoms with Crippen molar-refractivity contribution in [1.29, 1.82) is 0 Å². The zero-order valence-corrected chi connectivity index (χ0v) is 8.40. The molecule has 72 valence electrons. The molecule has 0 fully saturated rings. The Hall–Kier alpha value is -0.240. The predicted octanol–water partition coefficient (Wildman–Crippen LogP) is 2.74. The number of carbonyl (C=O) groups excluding carboxylic acids is 1. The Morgan fingerprint density at radius 3 is 2.33 bits per heavy atom. The molecule has 12 heavy (non-hydrogen) atoms. The molecule has 0 aliphatic heterocycles. The van der Waals surface area contributed by atoms with Crippen LogP contribution in [0.5, 0.6) is 0 Å². The van der Waals surface area contributed by atoms with E-state index in [9.17, 15) is 4.79 Å². The maximum absolute atomic E-state index is 10.3. The molecule has 0 spiro atoms. The number of hydrogen-bond acceptors (Lipinski definition) is 2. The summed E-state index contributed by atoms with van der Waals surface area (Å²) in [5, 5.41) is 0. The number of rotatable bonds is 7. The van der Waals surface area contributed by atoms with E-state index in [1.165, 1.54) is 19.8 Å². The van der Waals surface area contributed by atoms with Crippen LogP contribution < -0.4 is 0 Å². The van der Waals surface area contributed by atoms with E-state index in [0.29, 0.717) is 6.61 Å². The molecule has 0 rings (SSSR count). The Bertz CT molecular complexity index is 115. The highest BCUT2D eigenvalue weighted by Gasteiger charge is 1.92. The van der Waals surface area contributed by atoms with Crippen LogP contribution in [-0.2, 0) is 9.53 Å². The number of esters is 1. The van der Waals surface area contributed by atoms with Crippen molar-refractivity contribution < 1.29 is 9.53 Å². The zero-order valence-electron chi connectivity index (χ0n) is 7.64. The number of halogens is 1. The fourth-order valence-corrected chi connectivity index (χ4v) is 1.13. The highest BCUT2D eigenvalue weighted by atomic mass is 35.5. The molecule has 0 aromatic carbocycles. The van der Waals surface area contributed by atoms with Gasteiger partial charge in [0, 0.05) is 12.8 Å². The molecule has 2 nitrogen and oxygen atoms in total. The lowest BCUT2D eigenvalue weighted by molar-refractivity contribution is -0.141. The van der Waals surface area contributed by atoms with E-state index in [2.05, 4.69) is 0 Å². The molecule has 0 bridgehead atoms. The largest absolute Gasteiger partial charge is 0.466 e. The molecule has 0 aromatic heterocycles. The van der Waals surface area contributed by atoms with E-state index in [1.54, 1.807) is 0 Å². The summed E-state index contributed by atoms with van der Waals surface area (Å²) in [6, 6.07) is 0. The van der Waals surface area contributed by atoms with E-state index in [1.807, 2.05) is 0 Å². The van der Waals surface area contributed by atoms with Crippen LogP contribution >= 0.6 is 11.6 Å². The molecule has 0 aromatic rings. The van der Waals surface area contributed by atoms with E-state index >= 15 is 0 Å². The van der Waals surface area contributed by atoms with Gasteiger partial charge in [0.15, 0.2) is 0 Å². The van der Waals surface area contributed by atoms with E-state index < -0.39 is 0 Å². The van der Waals surface area contributed by atoms with Gasteiger partial charge in [-0.1, -0.05) is 19.3 Å². The maximum atomic E-state index is 10.3. The van der Waals surface area contributed by atoms with Gasteiger partial charge in [0.05, 0.1) is 6.61 Å². The summed E-state index contributed by atoms with van der Waals surface area (Å²) in [5.41, 5.74) is 0. The van der Waals surface area contributed by atoms with Crippen LogP contribution in [0.15, 0.2) is 0 Å². The molecule has 0 aliphatic carbocycles. The number of carbonyl (C=O) groups is 1. The molecule has 0 N–H and O–H groups in total. The minimum absolute atomic E-state index is 0.184. The molecule has 0 saturated carbocycles. The molecule has 3 heteroatoms. The summed E-state index contributed by atoms with van der Waals surface area (Å²) in [6.45, 7) is 2.00. The van der Waals surface area contributed by atoms with Crippen LogP contribution in [0.1, 0.15) is 39.0 Å². The third kappa shape index (κ3) is 9.76. The van der Waals surface area contributed by atoms with Gasteiger partial charge in [-0.3, -0.25) is 4.79 Å². The van der Waals surface area contributed by atoms with Crippen molar-refractivity contribution in [3.63, 3.8) is 0 Å². The first-order chi connectivity index (χ1) is 5.77. The van der Waals surface area contributed by atoms with Crippen molar-refractivity contribution in [3.05, 3.63) is 0 Å². The minimum Gasteiger partial charge on any atom is -0.466 e. The monoisotopic (exact) mass is 192 g/mol. The predicted molar refractivity (Wildman–Crippen MR) is 50.4 cm³/mol. The lowest BCUT2D eigenvalue weighted by Gasteiger charge is -2.00. The maximum Gasteiger partial charge on any atom is 0.302 e. The van der Waals surface area contributed by atoms with Gasteiger partial charge in [0.2, 0.25) is 0 Å². The topological polar surface area (TPSA) is 26.3 Å². The van der Waals surface area contributed by atoms with Gasteiger partial charge in [-0.05, 0) is 12.8 Å². The van der Waals surface area contributed by atoms with E-state index in [0.717, 1.165) is 25.1 Å². The summed E-state index contributed by atoms with van der Waals surface area (Å²) in [5.74, 6) is 0.569. The van der Waals surface area contributed by atoms with Gasteiger partial charge < -0.3 is 4.74 Å². The average Bonchev–Trinajstić information content (AvgIpc) is 2.02. The molecule has 0 aliphatic rings. The Morgan fingerprint density at radius 1 is 1.17 bits per heavy atom. The number of unbranched alkanes of at least 4 members (excludes halogenated alkanes) is 4. The molecule has 0 radical (unpaired) electrons. The van der Waals surface area contributed by atoms with Gasteiger partial charge in [-0.15, -0.1) is 11.6 Å². The van der Waals surface area contributed by atoms with Gasteiger partial charge in [-0.25, -0.2) is 0 Å². The standard InChI is InChI=1S/C9H17ClO2/c1-9(11)12-8-6-4-2-3-5-7-10/h2-8H2,1H3. The fraction of sp³-hybridized carbons (Fsp3) is 0.889. The molecule has 0 saturated heterocycles. The highest BCUT2D eigenvalue weighted by molar-refractivity contribution is 6.17. The minimum atomic E-state index is -0.184. The first-order valence-corrected chi connectivity index (χ1v) is 5.00. The summed E-state index contributed by atoms with van der Waals surface area (Å²) >= 11 is 5.51. The first kappa shape index (κ1) is 11.8. The second-order valence-corrected chi connectivity index (χ2v) is 3.17. The van der Waals surface area contributed by atoms with Gasteiger partial charge in [0.1, 0.15) is 0 Å². The summed E-state index contributed by atoms with van der Waals surface area (Å²) in [6.07, 6.45) is 5.57. The van der Waals surface area contributed by atoms with E-state index in [4.69, 9.17) is 16.3 Å². The summed E-state index contributed by atoms with van der Waals surface area (Å²) in [4.78, 5) is 10.3.